The first-order valence-electron chi connectivity index (χ1n) is 6.26. The van der Waals surface area contributed by atoms with Gasteiger partial charge in [0, 0.05) is 25.2 Å². The van der Waals surface area contributed by atoms with Crippen LogP contribution in [0.5, 0.6) is 0 Å². The largest absolute Gasteiger partial charge is 0.371 e. The van der Waals surface area contributed by atoms with E-state index in [1.807, 2.05) is 22.2 Å². The Labute approximate surface area is 130 Å². The summed E-state index contributed by atoms with van der Waals surface area (Å²) in [7, 11) is -1.95. The summed E-state index contributed by atoms with van der Waals surface area (Å²) in [5.74, 6) is 0.366. The highest BCUT2D eigenvalue weighted by atomic mass is 32.2. The van der Waals surface area contributed by atoms with Crippen LogP contribution in [-0.4, -0.2) is 31.4 Å². The van der Waals surface area contributed by atoms with Crippen molar-refractivity contribution >= 4 is 43.5 Å². The molecule has 0 bridgehead atoms. The lowest BCUT2D eigenvalue weighted by Gasteiger charge is -2.07. The minimum Gasteiger partial charge on any atom is -0.371 e. The van der Waals surface area contributed by atoms with E-state index in [1.54, 1.807) is 29.0 Å². The molecule has 3 aromatic rings. The summed E-state index contributed by atoms with van der Waals surface area (Å²) in [6, 6.07) is 1.99. The first-order valence-corrected chi connectivity index (χ1v) is 9.56. The number of imidazole rings is 1. The third-order valence-electron chi connectivity index (χ3n) is 3.00. The van der Waals surface area contributed by atoms with E-state index in [9.17, 15) is 8.42 Å². The zero-order chi connectivity index (χ0) is 14.9. The average Bonchev–Trinajstić information content (AvgIpc) is 3.13. The van der Waals surface area contributed by atoms with Crippen molar-refractivity contribution < 1.29 is 8.42 Å². The minimum absolute atomic E-state index is 0.159. The molecule has 0 radical (unpaired) electrons. The van der Waals surface area contributed by atoms with Gasteiger partial charge in [0.05, 0.1) is 0 Å². The molecule has 3 rings (SSSR count). The maximum absolute atomic E-state index is 12.5. The van der Waals surface area contributed by atoms with Gasteiger partial charge in [-0.2, -0.15) is 11.3 Å². The fraction of sp³-hybridized carbons (Fsp3) is 0.250. The van der Waals surface area contributed by atoms with Gasteiger partial charge in [-0.3, -0.25) is 4.40 Å². The van der Waals surface area contributed by atoms with E-state index in [0.717, 1.165) is 5.56 Å². The second kappa shape index (κ2) is 5.76. The van der Waals surface area contributed by atoms with Gasteiger partial charge in [-0.05, 0) is 28.8 Å². The molecule has 0 aliphatic rings. The van der Waals surface area contributed by atoms with Crippen molar-refractivity contribution in [1.82, 2.24) is 14.1 Å². The highest BCUT2D eigenvalue weighted by molar-refractivity contribution is 7.89. The quantitative estimate of drug-likeness (QED) is 0.719. The van der Waals surface area contributed by atoms with Crippen LogP contribution in [-0.2, 0) is 16.4 Å². The first-order chi connectivity index (χ1) is 10.1. The van der Waals surface area contributed by atoms with Crippen molar-refractivity contribution in [2.75, 3.05) is 18.9 Å². The third kappa shape index (κ3) is 2.82. The molecule has 9 heteroatoms. The zero-order valence-electron chi connectivity index (χ0n) is 11.2. The molecule has 0 aliphatic heterocycles. The number of hydrogen-bond donors (Lipinski definition) is 2. The monoisotopic (exact) mass is 342 g/mol. The summed E-state index contributed by atoms with van der Waals surface area (Å²) in [5, 5.41) is 8.81. The SMILES string of the molecule is CNc1nc2sccn2c1S(=O)(=O)NCCc1ccsc1. The van der Waals surface area contributed by atoms with E-state index < -0.39 is 10.0 Å². The van der Waals surface area contributed by atoms with Crippen LogP contribution in [0, 0.1) is 0 Å². The Kier molecular flexibility index (Phi) is 3.98. The molecule has 0 aromatic carbocycles. The van der Waals surface area contributed by atoms with Crippen LogP contribution in [0.25, 0.3) is 4.96 Å². The van der Waals surface area contributed by atoms with Gasteiger partial charge in [0.1, 0.15) is 0 Å². The lowest BCUT2D eigenvalue weighted by molar-refractivity contribution is 0.577. The Morgan fingerprint density at radius 3 is 2.95 bits per heavy atom. The molecular formula is C12H14N4O2S3. The summed E-state index contributed by atoms with van der Waals surface area (Å²) in [6.07, 6.45) is 2.38. The number of thiazole rings is 1. The van der Waals surface area contributed by atoms with Gasteiger partial charge in [0.15, 0.2) is 15.8 Å². The van der Waals surface area contributed by atoms with Gasteiger partial charge in [-0.25, -0.2) is 18.1 Å². The molecule has 3 aromatic heterocycles. The Bertz CT molecular complexity index is 833. The Balaban J connectivity index is 1.84. The summed E-state index contributed by atoms with van der Waals surface area (Å²) in [4.78, 5) is 4.92. The maximum atomic E-state index is 12.5. The molecule has 21 heavy (non-hydrogen) atoms. The minimum atomic E-state index is -3.61. The first kappa shape index (κ1) is 14.5. The number of nitrogens with zero attached hydrogens (tertiary/aromatic N) is 2. The molecule has 0 aliphatic carbocycles. The number of hydrogen-bond acceptors (Lipinski definition) is 6. The Morgan fingerprint density at radius 2 is 2.24 bits per heavy atom. The fourth-order valence-electron chi connectivity index (χ4n) is 2.02. The number of sulfonamides is 1. The van der Waals surface area contributed by atoms with Crippen molar-refractivity contribution in [3.8, 4) is 0 Å². The number of rotatable bonds is 6. The van der Waals surface area contributed by atoms with Crippen LogP contribution in [0.2, 0.25) is 0 Å². The van der Waals surface area contributed by atoms with Crippen molar-refractivity contribution in [3.63, 3.8) is 0 Å². The highest BCUT2D eigenvalue weighted by Crippen LogP contribution is 2.25. The van der Waals surface area contributed by atoms with Crippen molar-refractivity contribution in [1.29, 1.82) is 0 Å². The predicted octanol–water partition coefficient (Wildman–Crippen LogP) is 2.02. The van der Waals surface area contributed by atoms with Crippen molar-refractivity contribution in [2.24, 2.45) is 0 Å². The average molecular weight is 342 g/mol. The van der Waals surface area contributed by atoms with Crippen LogP contribution in [0.15, 0.2) is 33.4 Å². The summed E-state index contributed by atoms with van der Waals surface area (Å²) >= 11 is 3.00. The third-order valence-corrected chi connectivity index (χ3v) is 5.97. The molecule has 0 fully saturated rings. The van der Waals surface area contributed by atoms with Crippen LogP contribution < -0.4 is 10.0 Å². The fourth-order valence-corrected chi connectivity index (χ4v) is 4.81. The molecule has 0 unspecified atom stereocenters. The van der Waals surface area contributed by atoms with Gasteiger partial charge < -0.3 is 5.32 Å². The second-order valence-electron chi connectivity index (χ2n) is 4.35. The zero-order valence-corrected chi connectivity index (χ0v) is 13.7. The van der Waals surface area contributed by atoms with Crippen LogP contribution in [0.1, 0.15) is 5.56 Å². The predicted molar refractivity (Wildman–Crippen MR) is 85.8 cm³/mol. The van der Waals surface area contributed by atoms with Crippen LogP contribution >= 0.6 is 22.7 Å². The molecule has 6 nitrogen and oxygen atoms in total. The molecule has 2 N–H and O–H groups in total. The van der Waals surface area contributed by atoms with E-state index in [0.29, 0.717) is 23.7 Å². The van der Waals surface area contributed by atoms with E-state index in [2.05, 4.69) is 15.0 Å². The van der Waals surface area contributed by atoms with Gasteiger partial charge in [-0.1, -0.05) is 0 Å². The van der Waals surface area contributed by atoms with Gasteiger partial charge in [0.25, 0.3) is 10.0 Å². The lowest BCUT2D eigenvalue weighted by atomic mass is 10.2. The van der Waals surface area contributed by atoms with E-state index in [4.69, 9.17) is 0 Å². The van der Waals surface area contributed by atoms with Gasteiger partial charge in [-0.15, -0.1) is 11.3 Å². The van der Waals surface area contributed by atoms with Crippen molar-refractivity contribution in [3.05, 3.63) is 34.0 Å². The Hall–Kier alpha value is -1.42. The Morgan fingerprint density at radius 1 is 1.38 bits per heavy atom. The molecular weight excluding hydrogens is 328 g/mol. The van der Waals surface area contributed by atoms with Crippen LogP contribution in [0.3, 0.4) is 0 Å². The molecule has 0 spiro atoms. The highest BCUT2D eigenvalue weighted by Gasteiger charge is 2.24. The summed E-state index contributed by atoms with van der Waals surface area (Å²) in [6.45, 7) is 0.361. The number of anilines is 1. The van der Waals surface area contributed by atoms with E-state index in [-0.39, 0.29) is 5.03 Å². The van der Waals surface area contributed by atoms with Gasteiger partial charge >= 0.3 is 0 Å². The number of aromatic nitrogens is 2. The standard InChI is InChI=1S/C12H14N4O2S3/c1-13-10-11(16-5-7-20-12(16)15-10)21(17,18)14-4-2-9-3-6-19-8-9/h3,5-8,13-14H,2,4H2,1H3. The molecule has 0 saturated heterocycles. The van der Waals surface area contributed by atoms with E-state index in [1.165, 1.54) is 11.3 Å². The normalized spacial score (nSPS) is 12.0. The smallest absolute Gasteiger partial charge is 0.260 e. The summed E-state index contributed by atoms with van der Waals surface area (Å²) in [5.41, 5.74) is 1.13. The van der Waals surface area contributed by atoms with Gasteiger partial charge in [0.2, 0.25) is 0 Å². The second-order valence-corrected chi connectivity index (χ2v) is 7.69. The molecule has 112 valence electrons. The number of fused-ring (bicyclic) bond motifs is 1. The number of thiophene rings is 1. The van der Waals surface area contributed by atoms with Crippen LogP contribution in [0.4, 0.5) is 5.82 Å². The summed E-state index contributed by atoms with van der Waals surface area (Å²) < 4.78 is 29.2. The molecule has 3 heterocycles. The maximum Gasteiger partial charge on any atom is 0.260 e. The topological polar surface area (TPSA) is 75.5 Å². The van der Waals surface area contributed by atoms with Crippen molar-refractivity contribution in [2.45, 2.75) is 11.4 Å². The lowest BCUT2D eigenvalue weighted by Crippen LogP contribution is -2.27. The number of nitrogens with one attached hydrogen (secondary N) is 2. The molecule has 0 saturated carbocycles. The molecule has 0 amide bonds. The molecule has 0 atom stereocenters. The van der Waals surface area contributed by atoms with E-state index >= 15 is 0 Å².